The maximum absolute atomic E-state index is 13.4. The Bertz CT molecular complexity index is 1530. The summed E-state index contributed by atoms with van der Waals surface area (Å²) in [6.45, 7) is 4.04. The highest BCUT2D eigenvalue weighted by atomic mass is 35.5. The molecule has 0 aliphatic carbocycles. The van der Waals surface area contributed by atoms with Gasteiger partial charge in [-0.25, -0.2) is 8.42 Å². The van der Waals surface area contributed by atoms with Gasteiger partial charge in [0.05, 0.1) is 4.90 Å². The Kier molecular flexibility index (Phi) is 5.11. The van der Waals surface area contributed by atoms with E-state index in [4.69, 9.17) is 16.1 Å². The maximum atomic E-state index is 13.4. The first-order chi connectivity index (χ1) is 15.8. The molecule has 33 heavy (non-hydrogen) atoms. The van der Waals surface area contributed by atoms with Gasteiger partial charge in [0.15, 0.2) is 0 Å². The molecule has 1 aliphatic rings. The van der Waals surface area contributed by atoms with Crippen molar-refractivity contribution >= 4 is 32.9 Å². The minimum Gasteiger partial charge on any atom is -0.332 e. The fourth-order valence-electron chi connectivity index (χ4n) is 3.93. The monoisotopic (exact) mass is 477 g/mol. The Morgan fingerprint density at radius 2 is 1.67 bits per heavy atom. The molecule has 166 valence electrons. The van der Waals surface area contributed by atoms with Crippen LogP contribution in [0, 0.1) is 13.8 Å². The lowest BCUT2D eigenvalue weighted by Gasteiger charge is -2.30. The van der Waals surface area contributed by atoms with Gasteiger partial charge in [-0.2, -0.15) is 4.98 Å². The van der Waals surface area contributed by atoms with Crippen LogP contribution in [-0.4, -0.2) is 29.9 Å². The Morgan fingerprint density at radius 3 is 2.39 bits per heavy atom. The van der Waals surface area contributed by atoms with Crippen LogP contribution >= 0.6 is 11.6 Å². The van der Waals surface area contributed by atoms with E-state index in [1.54, 1.807) is 12.1 Å². The van der Waals surface area contributed by atoms with Crippen LogP contribution in [0.1, 0.15) is 28.1 Å². The third-order valence-corrected chi connectivity index (χ3v) is 7.91. The van der Waals surface area contributed by atoms with E-state index < -0.39 is 10.0 Å². The van der Waals surface area contributed by atoms with Gasteiger partial charge in [-0.15, -0.1) is 0 Å². The maximum Gasteiger partial charge on any atom is 0.276 e. The van der Waals surface area contributed by atoms with E-state index in [1.165, 1.54) is 17.4 Å². The second-order valence-electron chi connectivity index (χ2n) is 7.92. The molecule has 0 bridgehead atoms. The summed E-state index contributed by atoms with van der Waals surface area (Å²) in [4.78, 5) is 4.76. The number of halogens is 1. The van der Waals surface area contributed by atoms with Gasteiger partial charge >= 0.3 is 0 Å². The van der Waals surface area contributed by atoms with Crippen LogP contribution < -0.4 is 0 Å². The third kappa shape index (κ3) is 3.53. The van der Waals surface area contributed by atoms with Crippen LogP contribution in [0.25, 0.3) is 22.7 Å². The highest BCUT2D eigenvalue weighted by Gasteiger charge is 2.38. The van der Waals surface area contributed by atoms with Crippen molar-refractivity contribution in [1.29, 1.82) is 0 Å². The summed E-state index contributed by atoms with van der Waals surface area (Å²) in [5.41, 5.74) is 5.31. The van der Waals surface area contributed by atoms with Gasteiger partial charge in [-0.1, -0.05) is 59.2 Å². The van der Waals surface area contributed by atoms with Crippen LogP contribution in [0.2, 0.25) is 5.02 Å². The predicted octanol–water partition coefficient (Wildman–Crippen LogP) is 5.56. The molecule has 0 atom stereocenters. The average Bonchev–Trinajstić information content (AvgIpc) is 3.28. The van der Waals surface area contributed by atoms with E-state index in [0.29, 0.717) is 27.7 Å². The number of hydrogen-bond donors (Lipinski definition) is 0. The number of fused-ring (bicyclic) bond motifs is 1. The summed E-state index contributed by atoms with van der Waals surface area (Å²) in [5, 5.41) is 4.58. The summed E-state index contributed by atoms with van der Waals surface area (Å²) in [6, 6.07) is 20.1. The molecule has 0 amide bonds. The van der Waals surface area contributed by atoms with E-state index in [0.717, 1.165) is 22.3 Å². The Balaban J connectivity index is 1.79. The highest BCUT2D eigenvalue weighted by Crippen LogP contribution is 2.44. The van der Waals surface area contributed by atoms with Crippen LogP contribution in [0.4, 0.5) is 0 Å². The molecule has 0 N–H and O–H groups in total. The Labute approximate surface area is 197 Å². The molecular formula is C25H20ClN3O3S. The molecule has 6 nitrogen and oxygen atoms in total. The molecule has 3 aromatic carbocycles. The predicted molar refractivity (Wildman–Crippen MR) is 128 cm³/mol. The Hall–Kier alpha value is -3.42. The molecule has 0 saturated carbocycles. The molecule has 0 spiro atoms. The molecule has 0 saturated heterocycles. The number of hydrogen-bond acceptors (Lipinski definition) is 5. The smallest absolute Gasteiger partial charge is 0.276 e. The highest BCUT2D eigenvalue weighted by molar-refractivity contribution is 7.89. The van der Waals surface area contributed by atoms with Crippen molar-refractivity contribution in [3.05, 3.63) is 99.9 Å². The van der Waals surface area contributed by atoms with Crippen LogP contribution in [0.3, 0.4) is 0 Å². The topological polar surface area (TPSA) is 76.3 Å². The molecule has 4 aromatic rings. The lowest BCUT2D eigenvalue weighted by molar-refractivity contribution is 0.399. The second-order valence-corrected chi connectivity index (χ2v) is 10.3. The average molecular weight is 478 g/mol. The number of rotatable bonds is 3. The molecule has 0 radical (unpaired) electrons. The minimum absolute atomic E-state index is 0.110. The first-order valence-electron chi connectivity index (χ1n) is 10.3. The van der Waals surface area contributed by atoms with Crippen molar-refractivity contribution in [2.75, 3.05) is 7.05 Å². The largest absolute Gasteiger partial charge is 0.332 e. The molecule has 5 rings (SSSR count). The van der Waals surface area contributed by atoms with Crippen molar-refractivity contribution in [2.45, 2.75) is 18.7 Å². The van der Waals surface area contributed by atoms with E-state index >= 15 is 0 Å². The fourth-order valence-corrected chi connectivity index (χ4v) is 5.49. The number of sulfonamides is 1. The first-order valence-corrected chi connectivity index (χ1v) is 12.1. The lowest BCUT2D eigenvalue weighted by atomic mass is 9.95. The number of nitrogens with zero attached hydrogens (tertiary/aromatic N) is 3. The van der Waals surface area contributed by atoms with Gasteiger partial charge in [0, 0.05) is 28.8 Å². The molecular weight excluding hydrogens is 458 g/mol. The minimum atomic E-state index is -3.85. The summed E-state index contributed by atoms with van der Waals surface area (Å²) < 4.78 is 33.6. The van der Waals surface area contributed by atoms with Crippen LogP contribution in [0.5, 0.6) is 0 Å². The molecule has 2 heterocycles. The van der Waals surface area contributed by atoms with Gasteiger partial charge in [0.1, 0.15) is 5.70 Å². The normalized spacial score (nSPS) is 15.0. The molecule has 0 fully saturated rings. The SMILES string of the molecule is Cc1ccc(-c2noc(C3=C(c4ccccc4)c4cc(Cl)ccc4S(=O)(=O)N3C)n2)cc1C. The Morgan fingerprint density at radius 1 is 0.909 bits per heavy atom. The van der Waals surface area contributed by atoms with E-state index in [-0.39, 0.29) is 10.8 Å². The van der Waals surface area contributed by atoms with Gasteiger partial charge in [0.2, 0.25) is 5.82 Å². The van der Waals surface area contributed by atoms with E-state index in [9.17, 15) is 8.42 Å². The summed E-state index contributed by atoms with van der Waals surface area (Å²) in [6.07, 6.45) is 0. The van der Waals surface area contributed by atoms with Crippen LogP contribution in [0.15, 0.2) is 76.1 Å². The fraction of sp³-hybridized carbons (Fsp3) is 0.120. The zero-order chi connectivity index (χ0) is 23.3. The van der Waals surface area contributed by atoms with Crippen molar-refractivity contribution in [2.24, 2.45) is 0 Å². The number of benzene rings is 3. The number of aryl methyl sites for hydroxylation is 2. The van der Waals surface area contributed by atoms with Gasteiger partial charge in [-0.05, 0) is 54.8 Å². The number of aromatic nitrogens is 2. The molecule has 1 aliphatic heterocycles. The summed E-state index contributed by atoms with van der Waals surface area (Å²) in [5.74, 6) is 0.495. The molecule has 0 unspecified atom stereocenters. The molecule has 1 aromatic heterocycles. The second kappa shape index (κ2) is 7.86. The molecule has 8 heteroatoms. The van der Waals surface area contributed by atoms with Crippen molar-refractivity contribution < 1.29 is 12.9 Å². The van der Waals surface area contributed by atoms with Gasteiger partial charge < -0.3 is 4.52 Å². The van der Waals surface area contributed by atoms with E-state index in [1.807, 2.05) is 62.4 Å². The van der Waals surface area contributed by atoms with E-state index in [2.05, 4.69) is 10.1 Å². The first kappa shape index (κ1) is 21.4. The summed E-state index contributed by atoms with van der Waals surface area (Å²) >= 11 is 6.28. The third-order valence-electron chi connectivity index (χ3n) is 5.86. The van der Waals surface area contributed by atoms with Crippen molar-refractivity contribution in [3.63, 3.8) is 0 Å². The lowest BCUT2D eigenvalue weighted by Crippen LogP contribution is -2.31. The summed E-state index contributed by atoms with van der Waals surface area (Å²) in [7, 11) is -2.36. The van der Waals surface area contributed by atoms with Crippen molar-refractivity contribution in [1.82, 2.24) is 14.4 Å². The van der Waals surface area contributed by atoms with Crippen molar-refractivity contribution in [3.8, 4) is 11.4 Å². The zero-order valence-electron chi connectivity index (χ0n) is 18.2. The van der Waals surface area contributed by atoms with Gasteiger partial charge in [-0.3, -0.25) is 4.31 Å². The standard InChI is InChI=1S/C25H20ClN3O3S/c1-15-9-10-18(13-16(15)2)24-27-25(32-28-24)23-22(17-7-5-4-6-8-17)20-14-19(26)11-12-21(20)33(30,31)29(23)3/h4-14H,1-3H3. The van der Waals surface area contributed by atoms with Gasteiger partial charge in [0.25, 0.3) is 15.9 Å². The van der Waals surface area contributed by atoms with Crippen LogP contribution in [-0.2, 0) is 10.0 Å². The zero-order valence-corrected chi connectivity index (χ0v) is 19.8. The quantitative estimate of drug-likeness (QED) is 0.386.